The molecule has 4 atom stereocenters. The van der Waals surface area contributed by atoms with Crippen LogP contribution in [0.5, 0.6) is 5.75 Å². The van der Waals surface area contributed by atoms with E-state index in [1.165, 1.54) is 0 Å². The van der Waals surface area contributed by atoms with Crippen LogP contribution in [0.25, 0.3) is 0 Å². The Balaban J connectivity index is 1.45. The van der Waals surface area contributed by atoms with E-state index in [1.807, 2.05) is 13.1 Å². The molecular formula is C24H32N2O5. The summed E-state index contributed by atoms with van der Waals surface area (Å²) in [7, 11) is 2.02. The molecule has 1 aromatic rings. The number of nitrogens with zero attached hydrogens (tertiary/aromatic N) is 2. The second kappa shape index (κ2) is 7.29. The monoisotopic (exact) mass is 428 g/mol. The van der Waals surface area contributed by atoms with Gasteiger partial charge in [-0.05, 0) is 69.0 Å². The van der Waals surface area contributed by atoms with Crippen LogP contribution in [0.3, 0.4) is 0 Å². The molecule has 1 saturated carbocycles. The van der Waals surface area contributed by atoms with E-state index in [-0.39, 0.29) is 48.8 Å². The molecule has 2 saturated heterocycles. The third kappa shape index (κ3) is 3.12. The largest absolute Gasteiger partial charge is 0.508 e. The number of fused-ring (bicyclic) bond motifs is 1. The molecule has 0 unspecified atom stereocenters. The smallest absolute Gasteiger partial charge is 0.223 e. The molecule has 0 aromatic heterocycles. The molecule has 7 heteroatoms. The highest BCUT2D eigenvalue weighted by Gasteiger charge is 2.66. The first-order valence-electron chi connectivity index (χ1n) is 11.5. The minimum atomic E-state index is -1.11. The fourth-order valence-corrected chi connectivity index (χ4v) is 6.75. The van der Waals surface area contributed by atoms with E-state index in [0.717, 1.165) is 17.7 Å². The van der Waals surface area contributed by atoms with Gasteiger partial charge in [-0.3, -0.25) is 9.59 Å². The number of benzene rings is 1. The Morgan fingerprint density at radius 2 is 1.97 bits per heavy atom. The lowest BCUT2D eigenvalue weighted by Crippen LogP contribution is -2.73. The van der Waals surface area contributed by atoms with Gasteiger partial charge in [-0.25, -0.2) is 0 Å². The van der Waals surface area contributed by atoms with E-state index in [1.54, 1.807) is 17.0 Å². The summed E-state index contributed by atoms with van der Waals surface area (Å²) in [4.78, 5) is 30.2. The molecule has 0 spiro atoms. The Morgan fingerprint density at radius 3 is 2.71 bits per heavy atom. The second-order valence-corrected chi connectivity index (χ2v) is 10.2. The molecule has 31 heavy (non-hydrogen) atoms. The summed E-state index contributed by atoms with van der Waals surface area (Å²) in [5, 5.41) is 32.0. The molecule has 4 aliphatic rings. The summed E-state index contributed by atoms with van der Waals surface area (Å²) in [5.41, 5.74) is 0.177. The number of likely N-dealkylation sites (N-methyl/N-ethyl adjacent to an activating group) is 1. The first-order valence-corrected chi connectivity index (χ1v) is 11.5. The van der Waals surface area contributed by atoms with Crippen LogP contribution in [-0.4, -0.2) is 81.2 Å². The Morgan fingerprint density at radius 1 is 1.23 bits per heavy atom. The van der Waals surface area contributed by atoms with Crippen LogP contribution in [0.15, 0.2) is 18.2 Å². The van der Waals surface area contributed by atoms with Crippen molar-refractivity contribution in [1.82, 2.24) is 9.80 Å². The molecule has 5 rings (SSSR count). The minimum Gasteiger partial charge on any atom is -0.508 e. The number of Topliss-reactive ketones (excluding diaryl/α,β-unsaturated/α-hetero) is 1. The van der Waals surface area contributed by atoms with Crippen LogP contribution in [0.2, 0.25) is 0 Å². The van der Waals surface area contributed by atoms with Crippen molar-refractivity contribution in [2.75, 3.05) is 26.7 Å². The number of likely N-dealkylation sites (tertiary alicyclic amines) is 2. The number of aromatic hydroxyl groups is 1. The van der Waals surface area contributed by atoms with Gasteiger partial charge >= 0.3 is 0 Å². The number of ketones is 1. The Bertz CT molecular complexity index is 911. The molecule has 2 bridgehead atoms. The van der Waals surface area contributed by atoms with Gasteiger partial charge in [0.05, 0.1) is 11.7 Å². The Labute approximate surface area is 182 Å². The van der Waals surface area contributed by atoms with Crippen LogP contribution in [-0.2, 0) is 21.4 Å². The number of aliphatic hydroxyl groups excluding tert-OH is 1. The van der Waals surface area contributed by atoms with Gasteiger partial charge in [0.2, 0.25) is 5.91 Å². The first kappa shape index (κ1) is 20.9. The Kier molecular flexibility index (Phi) is 4.92. The normalized spacial score (nSPS) is 36.1. The highest BCUT2D eigenvalue weighted by atomic mass is 16.3. The van der Waals surface area contributed by atoms with Gasteiger partial charge in [-0.2, -0.15) is 0 Å². The van der Waals surface area contributed by atoms with Crippen molar-refractivity contribution >= 4 is 11.7 Å². The van der Waals surface area contributed by atoms with Crippen molar-refractivity contribution in [2.45, 2.75) is 68.1 Å². The summed E-state index contributed by atoms with van der Waals surface area (Å²) in [6.07, 6.45) is 2.73. The predicted octanol–water partition coefficient (Wildman–Crippen LogP) is 0.974. The number of carbonyl (C=O) groups is 2. The summed E-state index contributed by atoms with van der Waals surface area (Å²) in [6, 6.07) is 5.22. The van der Waals surface area contributed by atoms with E-state index >= 15 is 0 Å². The van der Waals surface area contributed by atoms with Gasteiger partial charge < -0.3 is 25.1 Å². The van der Waals surface area contributed by atoms with E-state index < -0.39 is 16.9 Å². The zero-order chi connectivity index (χ0) is 22.0. The van der Waals surface area contributed by atoms with E-state index in [2.05, 4.69) is 4.90 Å². The number of phenolic OH excluding ortho intramolecular Hbond substituents is 1. The zero-order valence-corrected chi connectivity index (χ0v) is 18.1. The first-order chi connectivity index (χ1) is 14.7. The number of amides is 1. The van der Waals surface area contributed by atoms with Gasteiger partial charge in [-0.15, -0.1) is 0 Å². The van der Waals surface area contributed by atoms with E-state index in [0.29, 0.717) is 38.8 Å². The molecule has 1 aromatic carbocycles. The summed E-state index contributed by atoms with van der Waals surface area (Å²) in [6.45, 7) is 1.83. The number of phenols is 1. The highest BCUT2D eigenvalue weighted by molar-refractivity contribution is 5.89. The summed E-state index contributed by atoms with van der Waals surface area (Å²) < 4.78 is 0. The van der Waals surface area contributed by atoms with Gasteiger partial charge in [0.1, 0.15) is 11.5 Å². The van der Waals surface area contributed by atoms with Crippen molar-refractivity contribution < 1.29 is 24.9 Å². The van der Waals surface area contributed by atoms with Crippen LogP contribution in [0, 0.1) is 5.92 Å². The molecule has 2 aliphatic carbocycles. The third-order valence-corrected chi connectivity index (χ3v) is 8.55. The fourth-order valence-electron chi connectivity index (χ4n) is 6.75. The average Bonchev–Trinajstić information content (AvgIpc) is 2.73. The number of piperidine rings is 2. The molecular weight excluding hydrogens is 396 g/mol. The minimum absolute atomic E-state index is 0.0366. The van der Waals surface area contributed by atoms with Gasteiger partial charge in [0, 0.05) is 43.3 Å². The molecule has 3 fully saturated rings. The van der Waals surface area contributed by atoms with Crippen LogP contribution in [0.4, 0.5) is 0 Å². The van der Waals surface area contributed by atoms with E-state index in [4.69, 9.17) is 0 Å². The zero-order valence-electron chi connectivity index (χ0n) is 18.1. The maximum atomic E-state index is 13.3. The number of hydrogen-bond donors (Lipinski definition) is 3. The predicted molar refractivity (Wildman–Crippen MR) is 114 cm³/mol. The highest BCUT2D eigenvalue weighted by Crippen LogP contribution is 2.58. The maximum absolute atomic E-state index is 13.3. The van der Waals surface area contributed by atoms with Crippen molar-refractivity contribution in [3.8, 4) is 5.75 Å². The second-order valence-electron chi connectivity index (χ2n) is 10.2. The molecule has 168 valence electrons. The quantitative estimate of drug-likeness (QED) is 0.649. The molecule has 2 heterocycles. The summed E-state index contributed by atoms with van der Waals surface area (Å²) in [5.74, 6) is -0.359. The van der Waals surface area contributed by atoms with Crippen LogP contribution in [0.1, 0.15) is 49.7 Å². The summed E-state index contributed by atoms with van der Waals surface area (Å²) >= 11 is 0. The standard InChI is InChI=1S/C24H32N2O5/c1-25-9-6-23-14-20(29)16(11-22(30)26-7-4-17(27)5-8-26)13-24(23,31)21(25)10-15-2-3-18(28)12-19(15)23/h2-3,12,16-17,21,27-28,31H,4-11,13-14H2,1H3/t16-,21+,23+,24+/m0/s1. The van der Waals surface area contributed by atoms with Crippen molar-refractivity contribution in [3.05, 3.63) is 29.3 Å². The van der Waals surface area contributed by atoms with Gasteiger partial charge in [0.25, 0.3) is 0 Å². The molecule has 0 radical (unpaired) electrons. The van der Waals surface area contributed by atoms with Crippen molar-refractivity contribution in [3.63, 3.8) is 0 Å². The fraction of sp³-hybridized carbons (Fsp3) is 0.667. The van der Waals surface area contributed by atoms with Crippen molar-refractivity contribution in [2.24, 2.45) is 5.92 Å². The lowest BCUT2D eigenvalue weighted by atomic mass is 9.47. The molecule has 1 amide bonds. The topological polar surface area (TPSA) is 101 Å². The molecule has 2 aliphatic heterocycles. The molecule has 3 N–H and O–H groups in total. The SMILES string of the molecule is CN1CC[C@]23CC(=O)[C@@H](CC(=O)N4CCC(O)CC4)C[C@@]2(O)[C@H]1Cc1ccc(O)cc13. The third-order valence-electron chi connectivity index (χ3n) is 8.55. The van der Waals surface area contributed by atoms with Crippen LogP contribution < -0.4 is 0 Å². The van der Waals surface area contributed by atoms with Gasteiger partial charge in [-0.1, -0.05) is 6.07 Å². The number of hydrogen-bond acceptors (Lipinski definition) is 6. The molecule has 7 nitrogen and oxygen atoms in total. The lowest BCUT2D eigenvalue weighted by Gasteiger charge is -2.63. The van der Waals surface area contributed by atoms with Crippen molar-refractivity contribution in [1.29, 1.82) is 0 Å². The van der Waals surface area contributed by atoms with E-state index in [9.17, 15) is 24.9 Å². The number of carbonyl (C=O) groups excluding carboxylic acids is 2. The van der Waals surface area contributed by atoms with Crippen LogP contribution >= 0.6 is 0 Å². The maximum Gasteiger partial charge on any atom is 0.223 e. The number of aliphatic hydroxyl groups is 2. The Hall–Kier alpha value is -1.96. The number of rotatable bonds is 2. The van der Waals surface area contributed by atoms with Gasteiger partial charge in [0.15, 0.2) is 0 Å². The lowest BCUT2D eigenvalue weighted by molar-refractivity contribution is -0.179. The average molecular weight is 429 g/mol.